The zero-order chi connectivity index (χ0) is 19.6. The summed E-state index contributed by atoms with van der Waals surface area (Å²) in [4.78, 5) is 17.4. The summed E-state index contributed by atoms with van der Waals surface area (Å²) in [6, 6.07) is 4.99. The molecule has 1 atom stereocenters. The molecule has 0 bridgehead atoms. The highest BCUT2D eigenvalue weighted by Gasteiger charge is 2.32. The van der Waals surface area contributed by atoms with Crippen molar-refractivity contribution in [2.24, 2.45) is 0 Å². The van der Waals surface area contributed by atoms with Crippen molar-refractivity contribution >= 4 is 15.9 Å². The van der Waals surface area contributed by atoms with Crippen LogP contribution in [0.4, 0.5) is 0 Å². The maximum atomic E-state index is 13.1. The van der Waals surface area contributed by atoms with Gasteiger partial charge in [0.15, 0.2) is 0 Å². The van der Waals surface area contributed by atoms with Crippen LogP contribution in [0.1, 0.15) is 49.0 Å². The highest BCUT2D eigenvalue weighted by atomic mass is 32.2. The van der Waals surface area contributed by atoms with E-state index >= 15 is 0 Å². The average molecular weight is 394 g/mol. The molecule has 0 saturated carbocycles. The van der Waals surface area contributed by atoms with Crippen LogP contribution in [0.15, 0.2) is 23.1 Å². The minimum Gasteiger partial charge on any atom is -0.336 e. The topological polar surface area (TPSA) is 60.9 Å². The molecule has 1 aromatic rings. The molecular weight excluding hydrogens is 362 g/mol. The Kier molecular flexibility index (Phi) is 6.23. The molecule has 6 nitrogen and oxygen atoms in total. The third-order valence-corrected chi connectivity index (χ3v) is 7.90. The maximum absolute atomic E-state index is 13.1. The largest absolute Gasteiger partial charge is 0.336 e. The molecule has 0 N–H and O–H groups in total. The highest BCUT2D eigenvalue weighted by Crippen LogP contribution is 2.27. The maximum Gasteiger partial charge on any atom is 0.254 e. The molecule has 150 valence electrons. The first-order valence-corrected chi connectivity index (χ1v) is 11.4. The molecule has 7 heteroatoms. The van der Waals surface area contributed by atoms with E-state index < -0.39 is 10.0 Å². The monoisotopic (exact) mass is 393 g/mol. The van der Waals surface area contributed by atoms with Gasteiger partial charge in [-0.05, 0) is 50.9 Å². The lowest BCUT2D eigenvalue weighted by molar-refractivity contribution is 0.0642. The lowest BCUT2D eigenvalue weighted by Gasteiger charge is -2.34. The van der Waals surface area contributed by atoms with Gasteiger partial charge in [0.1, 0.15) is 0 Å². The van der Waals surface area contributed by atoms with Crippen molar-refractivity contribution in [2.45, 2.75) is 51.0 Å². The fourth-order valence-electron chi connectivity index (χ4n) is 3.99. The van der Waals surface area contributed by atoms with Gasteiger partial charge in [-0.2, -0.15) is 4.31 Å². The van der Waals surface area contributed by atoms with Gasteiger partial charge in [0, 0.05) is 44.3 Å². The summed E-state index contributed by atoms with van der Waals surface area (Å²) in [6.07, 6.45) is 2.84. The molecule has 3 rings (SSSR count). The number of carbonyl (C=O) groups is 1. The summed E-state index contributed by atoms with van der Waals surface area (Å²) in [7, 11) is -3.57. The number of carbonyl (C=O) groups excluding carboxylic acids is 1. The zero-order valence-electron chi connectivity index (χ0n) is 16.6. The number of rotatable bonds is 4. The molecule has 2 fully saturated rings. The number of hydrogen-bond acceptors (Lipinski definition) is 4. The Morgan fingerprint density at radius 3 is 2.44 bits per heavy atom. The van der Waals surface area contributed by atoms with Crippen molar-refractivity contribution < 1.29 is 13.2 Å². The van der Waals surface area contributed by atoms with Gasteiger partial charge in [-0.25, -0.2) is 8.42 Å². The van der Waals surface area contributed by atoms with Crippen LogP contribution in [0.2, 0.25) is 0 Å². The average Bonchev–Trinajstić information content (AvgIpc) is 2.68. The van der Waals surface area contributed by atoms with Crippen LogP contribution < -0.4 is 0 Å². The van der Waals surface area contributed by atoms with E-state index in [0.717, 1.165) is 44.5 Å². The van der Waals surface area contributed by atoms with Gasteiger partial charge in [0.05, 0.1) is 4.90 Å². The predicted molar refractivity (Wildman–Crippen MR) is 106 cm³/mol. The van der Waals surface area contributed by atoms with Crippen LogP contribution >= 0.6 is 0 Å². The summed E-state index contributed by atoms with van der Waals surface area (Å²) in [5.74, 6) is -0.0630. The number of hydrogen-bond donors (Lipinski definition) is 0. The molecule has 0 aliphatic carbocycles. The Morgan fingerprint density at radius 1 is 1.11 bits per heavy atom. The second-order valence-electron chi connectivity index (χ2n) is 7.66. The van der Waals surface area contributed by atoms with Gasteiger partial charge in [0.25, 0.3) is 5.91 Å². The van der Waals surface area contributed by atoms with Crippen LogP contribution in [0.25, 0.3) is 0 Å². The minimum atomic E-state index is -3.57. The molecule has 2 aliphatic rings. The number of benzene rings is 1. The lowest BCUT2D eigenvalue weighted by atomic mass is 10.1. The number of sulfonamides is 1. The number of piperidine rings is 1. The molecule has 0 spiro atoms. The standard InChI is InChI=1S/C20H31N3O3S/c1-4-21-11-13-22(14-12-21)20(24)19-15-18(9-8-16(19)2)27(25,26)23-10-6-5-7-17(23)3/h8-9,15,17H,4-7,10-14H2,1-3H3. The number of amides is 1. The van der Waals surface area contributed by atoms with Crippen LogP contribution in [0.5, 0.6) is 0 Å². The van der Waals surface area contributed by atoms with Crippen molar-refractivity contribution in [1.82, 2.24) is 14.1 Å². The third kappa shape index (κ3) is 4.20. The lowest BCUT2D eigenvalue weighted by Crippen LogP contribution is -2.48. The van der Waals surface area contributed by atoms with E-state index in [4.69, 9.17) is 0 Å². The van der Waals surface area contributed by atoms with E-state index in [0.29, 0.717) is 25.2 Å². The summed E-state index contributed by atoms with van der Waals surface area (Å²) in [6.45, 7) is 10.6. The normalized spacial score (nSPS) is 22.8. The van der Waals surface area contributed by atoms with E-state index in [2.05, 4.69) is 11.8 Å². The molecule has 2 aliphatic heterocycles. The molecule has 2 saturated heterocycles. The number of likely N-dealkylation sites (N-methyl/N-ethyl adjacent to an activating group) is 1. The summed E-state index contributed by atoms with van der Waals surface area (Å²) in [5, 5.41) is 0. The van der Waals surface area contributed by atoms with Gasteiger partial charge in [-0.1, -0.05) is 19.4 Å². The Morgan fingerprint density at radius 2 is 1.81 bits per heavy atom. The third-order valence-electron chi connectivity index (χ3n) is 5.89. The van der Waals surface area contributed by atoms with Crippen molar-refractivity contribution in [1.29, 1.82) is 0 Å². The van der Waals surface area contributed by atoms with E-state index in [1.54, 1.807) is 22.5 Å². The fourth-order valence-corrected chi connectivity index (χ4v) is 5.72. The molecule has 0 radical (unpaired) electrons. The van der Waals surface area contributed by atoms with Crippen molar-refractivity contribution in [3.63, 3.8) is 0 Å². The van der Waals surface area contributed by atoms with Gasteiger partial charge < -0.3 is 9.80 Å². The number of aryl methyl sites for hydroxylation is 1. The first-order valence-electron chi connectivity index (χ1n) is 9.98. The van der Waals surface area contributed by atoms with Crippen molar-refractivity contribution in [2.75, 3.05) is 39.3 Å². The van der Waals surface area contributed by atoms with Crippen LogP contribution in [0.3, 0.4) is 0 Å². The fraction of sp³-hybridized carbons (Fsp3) is 0.650. The zero-order valence-corrected chi connectivity index (χ0v) is 17.5. The summed E-state index contributed by atoms with van der Waals surface area (Å²) >= 11 is 0. The minimum absolute atomic E-state index is 0.00586. The van der Waals surface area contributed by atoms with Gasteiger partial charge in [-0.15, -0.1) is 0 Å². The molecule has 0 aromatic heterocycles. The van der Waals surface area contributed by atoms with Gasteiger partial charge in [-0.3, -0.25) is 4.79 Å². The first kappa shape index (κ1) is 20.3. The molecule has 1 amide bonds. The molecule has 27 heavy (non-hydrogen) atoms. The Bertz CT molecular complexity index is 786. The number of piperazine rings is 1. The molecular formula is C20H31N3O3S. The Labute approximate surface area is 163 Å². The smallest absolute Gasteiger partial charge is 0.254 e. The second-order valence-corrected chi connectivity index (χ2v) is 9.55. The SMILES string of the molecule is CCN1CCN(C(=O)c2cc(S(=O)(=O)N3CCCCC3C)ccc2C)CC1. The molecule has 1 unspecified atom stereocenters. The van der Waals surface area contributed by atoms with E-state index in [1.807, 2.05) is 18.7 Å². The van der Waals surface area contributed by atoms with Crippen molar-refractivity contribution in [3.8, 4) is 0 Å². The molecule has 2 heterocycles. The van der Waals surface area contributed by atoms with E-state index in [1.165, 1.54) is 0 Å². The van der Waals surface area contributed by atoms with E-state index in [-0.39, 0.29) is 16.8 Å². The van der Waals surface area contributed by atoms with Crippen LogP contribution in [-0.2, 0) is 10.0 Å². The van der Waals surface area contributed by atoms with Crippen LogP contribution in [0, 0.1) is 6.92 Å². The van der Waals surface area contributed by atoms with E-state index in [9.17, 15) is 13.2 Å². The molecule has 1 aromatic carbocycles. The predicted octanol–water partition coefficient (Wildman–Crippen LogP) is 2.34. The highest BCUT2D eigenvalue weighted by molar-refractivity contribution is 7.89. The summed E-state index contributed by atoms with van der Waals surface area (Å²) in [5.41, 5.74) is 1.33. The van der Waals surface area contributed by atoms with Gasteiger partial charge in [0.2, 0.25) is 10.0 Å². The van der Waals surface area contributed by atoms with Gasteiger partial charge >= 0.3 is 0 Å². The Hall–Kier alpha value is -1.44. The van der Waals surface area contributed by atoms with Crippen LogP contribution in [-0.4, -0.2) is 73.7 Å². The van der Waals surface area contributed by atoms with Crippen molar-refractivity contribution in [3.05, 3.63) is 29.3 Å². The quantitative estimate of drug-likeness (QED) is 0.788. The number of nitrogens with zero attached hydrogens (tertiary/aromatic N) is 3. The first-order chi connectivity index (χ1) is 12.8. The summed E-state index contributed by atoms with van der Waals surface area (Å²) < 4.78 is 27.9. The Balaban J connectivity index is 1.85. The second kappa shape index (κ2) is 8.29.